The fourth-order valence-corrected chi connectivity index (χ4v) is 9.01. The van der Waals surface area contributed by atoms with Gasteiger partial charge >= 0.3 is 0 Å². The molecule has 0 fully saturated rings. The van der Waals surface area contributed by atoms with Crippen molar-refractivity contribution in [1.29, 1.82) is 0 Å². The zero-order valence-electron chi connectivity index (χ0n) is 32.9. The third kappa shape index (κ3) is 6.02. The van der Waals surface area contributed by atoms with E-state index in [4.69, 9.17) is 15.0 Å². The van der Waals surface area contributed by atoms with Gasteiger partial charge in [0.2, 0.25) is 0 Å². The summed E-state index contributed by atoms with van der Waals surface area (Å²) in [5, 5.41) is 3.41. The highest BCUT2D eigenvalue weighted by molar-refractivity contribution is 6.09. The normalized spacial score (nSPS) is 12.7. The predicted molar refractivity (Wildman–Crippen MR) is 245 cm³/mol. The minimum absolute atomic E-state index is 0.153. The summed E-state index contributed by atoms with van der Waals surface area (Å²) in [5.74, 6) is 0.684. The Kier molecular flexibility index (Phi) is 8.16. The van der Waals surface area contributed by atoms with Gasteiger partial charge in [0.05, 0.1) is 22.6 Å². The van der Waals surface area contributed by atoms with E-state index in [2.05, 4.69) is 202 Å². The maximum absolute atomic E-state index is 5.47. The minimum atomic E-state index is -0.153. The van der Waals surface area contributed by atoms with E-state index in [1.54, 1.807) is 0 Å². The summed E-state index contributed by atoms with van der Waals surface area (Å²) in [6.45, 7) is 4.67. The lowest BCUT2D eigenvalue weighted by Gasteiger charge is -2.22. The van der Waals surface area contributed by atoms with Crippen LogP contribution in [0.25, 0.3) is 100 Å². The van der Waals surface area contributed by atoms with Gasteiger partial charge in [0.15, 0.2) is 5.82 Å². The van der Waals surface area contributed by atoms with E-state index in [1.165, 1.54) is 33.4 Å². The Morgan fingerprint density at radius 3 is 1.54 bits per heavy atom. The third-order valence-corrected chi connectivity index (χ3v) is 12.1. The second-order valence-corrected chi connectivity index (χ2v) is 16.0. The molecule has 10 aromatic rings. The third-order valence-electron chi connectivity index (χ3n) is 12.1. The Morgan fingerprint density at radius 1 is 0.322 bits per heavy atom. The van der Waals surface area contributed by atoms with E-state index in [1.807, 2.05) is 12.1 Å². The molecule has 0 N–H and O–H groups in total. The fourth-order valence-electron chi connectivity index (χ4n) is 9.01. The van der Waals surface area contributed by atoms with Crippen LogP contribution in [0.3, 0.4) is 0 Å². The SMILES string of the molecule is CC1(C)c2ccccc2-c2cc3c(-c4cc(-c5nc(-c6ccccc6)cc(-c6ccccc6)n5)cc5ccccc45)cc(-c4ccc(-c5ccccc5)cc4)nc3cc21. The molecular weight excluding hydrogens is 715 g/mol. The number of benzene rings is 8. The van der Waals surface area contributed by atoms with Gasteiger partial charge in [-0.05, 0) is 91.7 Å². The summed E-state index contributed by atoms with van der Waals surface area (Å²) in [4.78, 5) is 16.0. The molecule has 0 aliphatic heterocycles. The molecule has 278 valence electrons. The molecule has 3 heteroatoms. The van der Waals surface area contributed by atoms with Crippen molar-refractivity contribution in [3.8, 4) is 78.5 Å². The second kappa shape index (κ2) is 13.9. The molecule has 2 heterocycles. The Morgan fingerprint density at radius 2 is 0.847 bits per heavy atom. The van der Waals surface area contributed by atoms with Crippen molar-refractivity contribution in [2.24, 2.45) is 0 Å². The summed E-state index contributed by atoms with van der Waals surface area (Å²) < 4.78 is 0. The number of pyridine rings is 1. The number of hydrogen-bond donors (Lipinski definition) is 0. The van der Waals surface area contributed by atoms with E-state index < -0.39 is 0 Å². The molecule has 0 spiro atoms. The summed E-state index contributed by atoms with van der Waals surface area (Å²) >= 11 is 0. The predicted octanol–water partition coefficient (Wildman–Crippen LogP) is 14.5. The molecule has 1 aliphatic rings. The van der Waals surface area contributed by atoms with Crippen molar-refractivity contribution < 1.29 is 0 Å². The van der Waals surface area contributed by atoms with Gasteiger partial charge in [0.25, 0.3) is 0 Å². The first-order chi connectivity index (χ1) is 29.0. The van der Waals surface area contributed by atoms with Gasteiger partial charge < -0.3 is 0 Å². The van der Waals surface area contributed by atoms with E-state index in [9.17, 15) is 0 Å². The van der Waals surface area contributed by atoms with Gasteiger partial charge in [0, 0.05) is 33.1 Å². The summed E-state index contributed by atoms with van der Waals surface area (Å²) in [6.07, 6.45) is 0. The monoisotopic (exact) mass is 753 g/mol. The van der Waals surface area contributed by atoms with Crippen LogP contribution in [0, 0.1) is 0 Å². The van der Waals surface area contributed by atoms with Gasteiger partial charge in [-0.3, -0.25) is 0 Å². The molecular formula is C56H39N3. The molecule has 0 unspecified atom stereocenters. The average Bonchev–Trinajstić information content (AvgIpc) is 3.53. The highest BCUT2D eigenvalue weighted by atomic mass is 14.9. The highest BCUT2D eigenvalue weighted by Gasteiger charge is 2.36. The molecule has 1 aliphatic carbocycles. The van der Waals surface area contributed by atoms with Crippen LogP contribution in [-0.4, -0.2) is 15.0 Å². The highest BCUT2D eigenvalue weighted by Crippen LogP contribution is 2.51. The van der Waals surface area contributed by atoms with Crippen LogP contribution < -0.4 is 0 Å². The molecule has 11 rings (SSSR count). The quantitative estimate of drug-likeness (QED) is 0.170. The van der Waals surface area contributed by atoms with E-state index in [-0.39, 0.29) is 5.41 Å². The molecule has 0 amide bonds. The largest absolute Gasteiger partial charge is 0.248 e. The standard InChI is InChI=1S/C56H39N3/c1-56(2)49-25-15-14-24-44(49)47-32-48-46(33-51(57-54(48)34-50(47)56)40-28-26-37(27-29-40)36-16-6-3-7-17-36)45-31-42(30-41-22-12-13-23-43(41)45)55-58-52(38-18-8-4-9-19-38)35-53(59-55)39-20-10-5-11-21-39/h3-35H,1-2H3. The lowest BCUT2D eigenvalue weighted by molar-refractivity contribution is 0.661. The Balaban J connectivity index is 1.17. The number of aromatic nitrogens is 3. The second-order valence-electron chi connectivity index (χ2n) is 16.0. The van der Waals surface area contributed by atoms with Gasteiger partial charge in [-0.2, -0.15) is 0 Å². The zero-order chi connectivity index (χ0) is 39.5. The molecule has 0 atom stereocenters. The summed E-state index contributed by atoms with van der Waals surface area (Å²) in [6, 6.07) is 71.3. The lowest BCUT2D eigenvalue weighted by atomic mass is 9.82. The molecule has 0 bridgehead atoms. The molecule has 0 radical (unpaired) electrons. The van der Waals surface area contributed by atoms with Crippen LogP contribution in [-0.2, 0) is 5.41 Å². The van der Waals surface area contributed by atoms with Crippen molar-refractivity contribution in [2.45, 2.75) is 19.3 Å². The first kappa shape index (κ1) is 34.7. The maximum Gasteiger partial charge on any atom is 0.160 e. The molecule has 0 saturated heterocycles. The van der Waals surface area contributed by atoms with Crippen LogP contribution in [0.15, 0.2) is 200 Å². The first-order valence-corrected chi connectivity index (χ1v) is 20.3. The van der Waals surface area contributed by atoms with E-state index in [0.29, 0.717) is 5.82 Å². The fraction of sp³-hybridized carbons (Fsp3) is 0.0536. The molecule has 3 nitrogen and oxygen atoms in total. The first-order valence-electron chi connectivity index (χ1n) is 20.3. The minimum Gasteiger partial charge on any atom is -0.248 e. The summed E-state index contributed by atoms with van der Waals surface area (Å²) in [5.41, 5.74) is 17.5. The number of nitrogens with zero attached hydrogens (tertiary/aromatic N) is 3. The number of rotatable bonds is 6. The van der Waals surface area contributed by atoms with Gasteiger partial charge in [-0.25, -0.2) is 15.0 Å². The molecule has 59 heavy (non-hydrogen) atoms. The van der Waals surface area contributed by atoms with Crippen molar-refractivity contribution in [2.75, 3.05) is 0 Å². The topological polar surface area (TPSA) is 38.7 Å². The lowest BCUT2D eigenvalue weighted by Crippen LogP contribution is -2.14. The average molecular weight is 754 g/mol. The van der Waals surface area contributed by atoms with E-state index in [0.717, 1.165) is 72.1 Å². The number of hydrogen-bond acceptors (Lipinski definition) is 3. The van der Waals surface area contributed by atoms with Crippen molar-refractivity contribution in [3.05, 3.63) is 211 Å². The van der Waals surface area contributed by atoms with Gasteiger partial charge in [-0.15, -0.1) is 0 Å². The van der Waals surface area contributed by atoms with Crippen LogP contribution in [0.4, 0.5) is 0 Å². The number of fused-ring (bicyclic) bond motifs is 5. The van der Waals surface area contributed by atoms with Crippen molar-refractivity contribution >= 4 is 21.7 Å². The smallest absolute Gasteiger partial charge is 0.160 e. The van der Waals surface area contributed by atoms with Crippen molar-refractivity contribution in [1.82, 2.24) is 15.0 Å². The molecule has 0 saturated carbocycles. The Hall–Kier alpha value is -7.49. The van der Waals surface area contributed by atoms with Crippen LogP contribution in [0.1, 0.15) is 25.0 Å². The van der Waals surface area contributed by atoms with Crippen molar-refractivity contribution in [3.63, 3.8) is 0 Å². The zero-order valence-corrected chi connectivity index (χ0v) is 32.9. The van der Waals surface area contributed by atoms with E-state index >= 15 is 0 Å². The van der Waals surface area contributed by atoms with Crippen LogP contribution in [0.5, 0.6) is 0 Å². The molecule has 8 aromatic carbocycles. The van der Waals surface area contributed by atoms with Crippen LogP contribution >= 0.6 is 0 Å². The van der Waals surface area contributed by atoms with Crippen LogP contribution in [0.2, 0.25) is 0 Å². The van der Waals surface area contributed by atoms with Gasteiger partial charge in [0.1, 0.15) is 0 Å². The maximum atomic E-state index is 5.47. The molecule has 2 aromatic heterocycles. The Bertz CT molecular complexity index is 3150. The summed E-state index contributed by atoms with van der Waals surface area (Å²) in [7, 11) is 0. The van der Waals surface area contributed by atoms with Gasteiger partial charge in [-0.1, -0.05) is 178 Å². The Labute approximate surface area is 344 Å².